The number of carbonyl (C=O) groups excluding carboxylic acids is 2. The van der Waals surface area contributed by atoms with Crippen LogP contribution >= 0.6 is 0 Å². The van der Waals surface area contributed by atoms with Crippen molar-refractivity contribution in [3.63, 3.8) is 0 Å². The Balaban J connectivity index is 0. The summed E-state index contributed by atoms with van der Waals surface area (Å²) in [6.45, 7) is 11.3. The molecule has 0 saturated heterocycles. The monoisotopic (exact) mass is 264 g/mol. The van der Waals surface area contributed by atoms with Crippen LogP contribution in [0.15, 0.2) is 0 Å². The molecule has 0 heterocycles. The third-order valence-corrected chi connectivity index (χ3v) is 1.19. The molecule has 0 unspecified atom stereocenters. The molecule has 0 aliphatic heterocycles. The Bertz CT molecular complexity index is 205. The van der Waals surface area contributed by atoms with Gasteiger partial charge in [-0.3, -0.25) is 0 Å². The Morgan fingerprint density at radius 3 is 1.33 bits per heavy atom. The van der Waals surface area contributed by atoms with E-state index in [-0.39, 0.29) is 12.2 Å². The summed E-state index contributed by atoms with van der Waals surface area (Å²) in [6.07, 6.45) is -1.39. The number of carbonyl (C=O) groups is 2. The molecule has 0 saturated carbocycles. The van der Waals surface area contributed by atoms with E-state index in [1.807, 2.05) is 0 Å². The van der Waals surface area contributed by atoms with Crippen LogP contribution in [0.1, 0.15) is 41.5 Å². The summed E-state index contributed by atoms with van der Waals surface area (Å²) in [5.74, 6) is 0. The van der Waals surface area contributed by atoms with Gasteiger partial charge in [0.15, 0.2) is 0 Å². The van der Waals surface area contributed by atoms with Crippen LogP contribution in [-0.2, 0) is 18.9 Å². The molecule has 0 aromatic carbocycles. The number of ether oxygens (including phenoxy) is 4. The molecule has 0 bridgehead atoms. The molecular formula is C12H24O6. The Morgan fingerprint density at radius 2 is 1.11 bits per heavy atom. The third-order valence-electron chi connectivity index (χ3n) is 1.19. The number of hydrogen-bond donors (Lipinski definition) is 0. The van der Waals surface area contributed by atoms with Crippen LogP contribution in [0.3, 0.4) is 0 Å². The van der Waals surface area contributed by atoms with Gasteiger partial charge >= 0.3 is 12.3 Å². The van der Waals surface area contributed by atoms with Crippen LogP contribution in [0.25, 0.3) is 0 Å². The van der Waals surface area contributed by atoms with Gasteiger partial charge in [-0.05, 0) is 41.5 Å². The highest BCUT2D eigenvalue weighted by Gasteiger charge is 2.07. The molecular weight excluding hydrogens is 240 g/mol. The fourth-order valence-corrected chi connectivity index (χ4v) is 0.690. The number of rotatable bonds is 4. The van der Waals surface area contributed by atoms with E-state index >= 15 is 0 Å². The molecule has 6 nitrogen and oxygen atoms in total. The first kappa shape index (κ1) is 18.9. The van der Waals surface area contributed by atoms with E-state index in [2.05, 4.69) is 9.47 Å². The van der Waals surface area contributed by atoms with Crippen molar-refractivity contribution in [2.24, 2.45) is 0 Å². The first-order valence-corrected chi connectivity index (χ1v) is 6.00. The van der Waals surface area contributed by atoms with E-state index < -0.39 is 12.3 Å². The molecule has 18 heavy (non-hydrogen) atoms. The Hall–Kier alpha value is -1.46. The van der Waals surface area contributed by atoms with Gasteiger partial charge in [-0.15, -0.1) is 0 Å². The predicted molar refractivity (Wildman–Crippen MR) is 66.5 cm³/mol. The van der Waals surface area contributed by atoms with Gasteiger partial charge in [-0.25, -0.2) is 9.59 Å². The first-order valence-electron chi connectivity index (χ1n) is 6.00. The zero-order chi connectivity index (χ0) is 14.6. The van der Waals surface area contributed by atoms with Crippen molar-refractivity contribution in [1.29, 1.82) is 0 Å². The largest absolute Gasteiger partial charge is 0.508 e. The molecule has 108 valence electrons. The molecule has 6 heteroatoms. The highest BCUT2D eigenvalue weighted by Crippen LogP contribution is 1.96. The van der Waals surface area contributed by atoms with Crippen molar-refractivity contribution in [3.05, 3.63) is 0 Å². The van der Waals surface area contributed by atoms with Gasteiger partial charge in [-0.1, -0.05) is 0 Å². The second kappa shape index (κ2) is 12.0. The van der Waals surface area contributed by atoms with Crippen molar-refractivity contribution in [3.8, 4) is 0 Å². The lowest BCUT2D eigenvalue weighted by molar-refractivity contribution is 0.0167. The van der Waals surface area contributed by atoms with Gasteiger partial charge in [0.25, 0.3) is 0 Å². The summed E-state index contributed by atoms with van der Waals surface area (Å²) in [7, 11) is 0. The lowest BCUT2D eigenvalue weighted by Crippen LogP contribution is -2.16. The van der Waals surface area contributed by atoms with Gasteiger partial charge in [0.05, 0.1) is 25.4 Å². The molecule has 0 aliphatic rings. The maximum atomic E-state index is 10.6. The second-order valence-corrected chi connectivity index (χ2v) is 3.70. The van der Waals surface area contributed by atoms with E-state index in [0.717, 1.165) is 0 Å². The topological polar surface area (TPSA) is 71.1 Å². The molecule has 0 fully saturated rings. The van der Waals surface area contributed by atoms with Crippen LogP contribution in [0, 0.1) is 0 Å². The van der Waals surface area contributed by atoms with Crippen LogP contribution in [0.2, 0.25) is 0 Å². The van der Waals surface area contributed by atoms with E-state index in [1.54, 1.807) is 41.5 Å². The van der Waals surface area contributed by atoms with Crippen molar-refractivity contribution >= 4 is 12.3 Å². The Morgan fingerprint density at radius 1 is 0.778 bits per heavy atom. The molecule has 0 rings (SSSR count). The fraction of sp³-hybridized carbons (Fsp3) is 0.833. The molecule has 0 amide bonds. The smallest absolute Gasteiger partial charge is 0.435 e. The van der Waals surface area contributed by atoms with Crippen molar-refractivity contribution < 1.29 is 28.5 Å². The summed E-state index contributed by atoms with van der Waals surface area (Å²) >= 11 is 0. The molecule has 0 aromatic heterocycles. The van der Waals surface area contributed by atoms with Crippen molar-refractivity contribution in [1.82, 2.24) is 0 Å². The normalized spacial score (nSPS) is 9.33. The summed E-state index contributed by atoms with van der Waals surface area (Å²) in [6, 6.07) is 0. The maximum absolute atomic E-state index is 10.6. The molecule has 0 radical (unpaired) electrons. The quantitative estimate of drug-likeness (QED) is 0.726. The zero-order valence-corrected chi connectivity index (χ0v) is 12.0. The maximum Gasteiger partial charge on any atom is 0.508 e. The summed E-state index contributed by atoms with van der Waals surface area (Å²) in [5.41, 5.74) is 0. The highest BCUT2D eigenvalue weighted by atomic mass is 16.7. The first-order chi connectivity index (χ1) is 8.33. The van der Waals surface area contributed by atoms with E-state index in [9.17, 15) is 9.59 Å². The van der Waals surface area contributed by atoms with Crippen LogP contribution in [-0.4, -0.2) is 37.7 Å². The Kier molecular flexibility index (Phi) is 12.6. The van der Waals surface area contributed by atoms with Gasteiger partial charge in [0.1, 0.15) is 0 Å². The Labute approximate surface area is 109 Å². The zero-order valence-electron chi connectivity index (χ0n) is 12.0. The lowest BCUT2D eigenvalue weighted by Gasteiger charge is -2.10. The minimum atomic E-state index is -0.593. The SMILES string of the molecule is CC(C)OC(=O)OC(C)C.CCOC(=O)OCC. The molecule has 0 aromatic rings. The average Bonchev–Trinajstić information content (AvgIpc) is 2.16. The molecule has 0 atom stereocenters. The molecule has 0 spiro atoms. The van der Waals surface area contributed by atoms with Gasteiger partial charge < -0.3 is 18.9 Å². The molecule has 0 N–H and O–H groups in total. The highest BCUT2D eigenvalue weighted by molar-refractivity contribution is 5.60. The summed E-state index contributed by atoms with van der Waals surface area (Å²) in [5, 5.41) is 0. The van der Waals surface area contributed by atoms with Gasteiger partial charge in [0, 0.05) is 0 Å². The van der Waals surface area contributed by atoms with E-state index in [0.29, 0.717) is 13.2 Å². The summed E-state index contributed by atoms with van der Waals surface area (Å²) < 4.78 is 18.2. The van der Waals surface area contributed by atoms with E-state index in [4.69, 9.17) is 9.47 Å². The van der Waals surface area contributed by atoms with Crippen LogP contribution in [0.5, 0.6) is 0 Å². The van der Waals surface area contributed by atoms with E-state index in [1.165, 1.54) is 0 Å². The predicted octanol–water partition coefficient (Wildman–Crippen LogP) is 3.14. The third kappa shape index (κ3) is 17.0. The fourth-order valence-electron chi connectivity index (χ4n) is 0.690. The van der Waals surface area contributed by atoms with Gasteiger partial charge in [0.2, 0.25) is 0 Å². The standard InChI is InChI=1S/C7H14O3.C5H10O3/c1-5(2)9-7(8)10-6(3)4;1-3-7-5(6)8-4-2/h5-6H,1-4H3;3-4H2,1-2H3. The van der Waals surface area contributed by atoms with Gasteiger partial charge in [-0.2, -0.15) is 0 Å². The van der Waals surface area contributed by atoms with Crippen molar-refractivity contribution in [2.75, 3.05) is 13.2 Å². The number of hydrogen-bond acceptors (Lipinski definition) is 6. The van der Waals surface area contributed by atoms with Crippen molar-refractivity contribution in [2.45, 2.75) is 53.8 Å². The minimum Gasteiger partial charge on any atom is -0.435 e. The lowest BCUT2D eigenvalue weighted by atomic mass is 10.5. The van der Waals surface area contributed by atoms with Crippen LogP contribution in [0.4, 0.5) is 9.59 Å². The minimum absolute atomic E-state index is 0.105. The van der Waals surface area contributed by atoms with Crippen LogP contribution < -0.4 is 0 Å². The summed E-state index contributed by atoms with van der Waals surface area (Å²) in [4.78, 5) is 20.8. The average molecular weight is 264 g/mol. The second-order valence-electron chi connectivity index (χ2n) is 3.70. The molecule has 0 aliphatic carbocycles.